The van der Waals surface area contributed by atoms with Crippen LogP contribution in [0.15, 0.2) is 73.1 Å². The summed E-state index contributed by atoms with van der Waals surface area (Å²) in [5.74, 6) is -0.541. The summed E-state index contributed by atoms with van der Waals surface area (Å²) in [4.78, 5) is 23.5. The standard InChI is InChI=1S/C13H10N2.C7H6N2O5/c1-2-6-11(7-3-1)15-10-14-12-8-4-5-9-13(12)15;1-4-2-5(8(11)12)3-6(7(4)10)9(13)14/h1-10H;2-3,10H,1H3. The lowest BCUT2D eigenvalue weighted by Crippen LogP contribution is -1.94. The largest absolute Gasteiger partial charge is 0.502 e. The van der Waals surface area contributed by atoms with E-state index in [4.69, 9.17) is 0 Å². The van der Waals surface area contributed by atoms with Crippen molar-refractivity contribution in [2.45, 2.75) is 6.92 Å². The summed E-state index contributed by atoms with van der Waals surface area (Å²) in [5, 5.41) is 29.9. The fraction of sp³-hybridized carbons (Fsp3) is 0.0500. The van der Waals surface area contributed by atoms with E-state index in [0.29, 0.717) is 0 Å². The van der Waals surface area contributed by atoms with Crippen LogP contribution in [0.25, 0.3) is 16.7 Å². The molecule has 0 aliphatic carbocycles. The maximum Gasteiger partial charge on any atom is 0.317 e. The number of imidazole rings is 1. The summed E-state index contributed by atoms with van der Waals surface area (Å²) in [6.07, 6.45) is 1.86. The second kappa shape index (κ2) is 8.17. The van der Waals surface area contributed by atoms with Gasteiger partial charge in [0.1, 0.15) is 6.33 Å². The molecule has 0 fully saturated rings. The average Bonchev–Trinajstić information content (AvgIpc) is 3.15. The minimum Gasteiger partial charge on any atom is -0.502 e. The van der Waals surface area contributed by atoms with Crippen LogP contribution in [0.3, 0.4) is 0 Å². The van der Waals surface area contributed by atoms with Crippen LogP contribution in [0.5, 0.6) is 5.75 Å². The molecule has 0 saturated heterocycles. The minimum atomic E-state index is -0.866. The van der Waals surface area contributed by atoms with Crippen LogP contribution < -0.4 is 0 Å². The van der Waals surface area contributed by atoms with E-state index >= 15 is 0 Å². The molecule has 4 rings (SSSR count). The summed E-state index contributed by atoms with van der Waals surface area (Å²) in [7, 11) is 0. The van der Waals surface area contributed by atoms with Crippen LogP contribution in [0.4, 0.5) is 11.4 Å². The molecule has 0 bridgehead atoms. The number of nitro groups is 2. The van der Waals surface area contributed by atoms with Crippen LogP contribution in [0.2, 0.25) is 0 Å². The van der Waals surface area contributed by atoms with Gasteiger partial charge in [-0.1, -0.05) is 30.3 Å². The van der Waals surface area contributed by atoms with E-state index in [9.17, 15) is 25.3 Å². The van der Waals surface area contributed by atoms with Crippen molar-refractivity contribution in [3.8, 4) is 11.4 Å². The third-order valence-corrected chi connectivity index (χ3v) is 4.16. The zero-order valence-electron chi connectivity index (χ0n) is 15.3. The number of para-hydroxylation sites is 3. The van der Waals surface area contributed by atoms with Gasteiger partial charge in [0.05, 0.1) is 26.9 Å². The van der Waals surface area contributed by atoms with E-state index in [1.807, 2.05) is 42.7 Å². The minimum absolute atomic E-state index is 0.103. The quantitative estimate of drug-likeness (QED) is 0.403. The first-order valence-corrected chi connectivity index (χ1v) is 8.48. The number of nitrogens with zero attached hydrogens (tertiary/aromatic N) is 4. The van der Waals surface area contributed by atoms with Gasteiger partial charge in [0.2, 0.25) is 0 Å². The third-order valence-electron chi connectivity index (χ3n) is 4.16. The molecular formula is C20H16N4O5. The average molecular weight is 392 g/mol. The summed E-state index contributed by atoms with van der Waals surface area (Å²) >= 11 is 0. The molecule has 0 atom stereocenters. The van der Waals surface area contributed by atoms with Crippen molar-refractivity contribution in [3.63, 3.8) is 0 Å². The number of nitro benzene ring substituents is 2. The van der Waals surface area contributed by atoms with Gasteiger partial charge in [-0.2, -0.15) is 0 Å². The second-order valence-electron chi connectivity index (χ2n) is 6.08. The van der Waals surface area contributed by atoms with Crippen molar-refractivity contribution < 1.29 is 15.0 Å². The van der Waals surface area contributed by atoms with Crippen LogP contribution in [-0.2, 0) is 0 Å². The SMILES string of the molecule is Cc1cc([N+](=O)[O-])cc([N+](=O)[O-])c1O.c1ccc(-n2cnc3ccccc32)cc1. The number of hydrogen-bond donors (Lipinski definition) is 1. The molecular weight excluding hydrogens is 376 g/mol. The van der Waals surface area contributed by atoms with E-state index < -0.39 is 27.0 Å². The molecule has 1 N–H and O–H groups in total. The second-order valence-corrected chi connectivity index (χ2v) is 6.08. The molecule has 0 aliphatic rings. The zero-order chi connectivity index (χ0) is 21.0. The smallest absolute Gasteiger partial charge is 0.317 e. The van der Waals surface area contributed by atoms with Gasteiger partial charge in [-0.3, -0.25) is 24.8 Å². The lowest BCUT2D eigenvalue weighted by Gasteiger charge is -2.02. The lowest BCUT2D eigenvalue weighted by atomic mass is 10.1. The molecule has 9 heteroatoms. The number of benzene rings is 3. The molecule has 146 valence electrons. The van der Waals surface area contributed by atoms with Gasteiger partial charge in [-0.25, -0.2) is 4.98 Å². The van der Waals surface area contributed by atoms with Crippen molar-refractivity contribution >= 4 is 22.4 Å². The highest BCUT2D eigenvalue weighted by Crippen LogP contribution is 2.33. The highest BCUT2D eigenvalue weighted by atomic mass is 16.6. The summed E-state index contributed by atoms with van der Waals surface area (Å²) in [6, 6.07) is 20.2. The molecule has 9 nitrogen and oxygen atoms in total. The molecule has 29 heavy (non-hydrogen) atoms. The fourth-order valence-corrected chi connectivity index (χ4v) is 2.74. The Labute approximate surface area is 164 Å². The predicted molar refractivity (Wildman–Crippen MR) is 107 cm³/mol. The van der Waals surface area contributed by atoms with Crippen molar-refractivity contribution in [3.05, 3.63) is 98.8 Å². The number of aromatic nitrogens is 2. The Kier molecular flexibility index (Phi) is 5.49. The number of rotatable bonds is 3. The van der Waals surface area contributed by atoms with E-state index in [1.165, 1.54) is 6.92 Å². The van der Waals surface area contributed by atoms with E-state index in [0.717, 1.165) is 28.9 Å². The van der Waals surface area contributed by atoms with Crippen molar-refractivity contribution in [2.75, 3.05) is 0 Å². The van der Waals surface area contributed by atoms with Crippen LogP contribution in [-0.4, -0.2) is 24.5 Å². The number of phenolic OH excluding ortho intramolecular Hbond substituents is 1. The van der Waals surface area contributed by atoms with Gasteiger partial charge in [0.15, 0.2) is 5.75 Å². The lowest BCUT2D eigenvalue weighted by molar-refractivity contribution is -0.394. The first-order valence-electron chi connectivity index (χ1n) is 8.48. The first kappa shape index (κ1) is 19.5. The summed E-state index contributed by atoms with van der Waals surface area (Å²) in [6.45, 7) is 1.36. The highest BCUT2D eigenvalue weighted by Gasteiger charge is 2.21. The van der Waals surface area contributed by atoms with Gasteiger partial charge in [-0.15, -0.1) is 0 Å². The molecule has 0 spiro atoms. The molecule has 3 aromatic carbocycles. The number of non-ortho nitro benzene ring substituents is 1. The monoisotopic (exact) mass is 392 g/mol. The molecule has 0 radical (unpaired) electrons. The van der Waals surface area contributed by atoms with Crippen molar-refractivity contribution in [1.82, 2.24) is 9.55 Å². The maximum atomic E-state index is 10.4. The molecule has 0 amide bonds. The Balaban J connectivity index is 0.000000166. The van der Waals surface area contributed by atoms with Crippen molar-refractivity contribution in [2.24, 2.45) is 0 Å². The molecule has 0 aliphatic heterocycles. The van der Waals surface area contributed by atoms with Gasteiger partial charge in [-0.05, 0) is 31.2 Å². The van der Waals surface area contributed by atoms with E-state index in [1.54, 1.807) is 0 Å². The van der Waals surface area contributed by atoms with Gasteiger partial charge in [0.25, 0.3) is 5.69 Å². The van der Waals surface area contributed by atoms with Crippen LogP contribution in [0, 0.1) is 27.2 Å². The first-order chi connectivity index (χ1) is 13.9. The van der Waals surface area contributed by atoms with Crippen molar-refractivity contribution in [1.29, 1.82) is 0 Å². The Bertz CT molecular complexity index is 1190. The number of aryl methyl sites for hydroxylation is 1. The predicted octanol–water partition coefficient (Wildman–Crippen LogP) is 4.54. The van der Waals surface area contributed by atoms with E-state index in [2.05, 4.69) is 27.8 Å². The Morgan fingerprint density at radius 3 is 2.24 bits per heavy atom. The number of hydrogen-bond acceptors (Lipinski definition) is 6. The van der Waals surface area contributed by atoms with E-state index in [-0.39, 0.29) is 5.56 Å². The van der Waals surface area contributed by atoms with Gasteiger partial charge < -0.3 is 5.11 Å². The Hall–Kier alpha value is -4.27. The highest BCUT2D eigenvalue weighted by molar-refractivity contribution is 5.77. The summed E-state index contributed by atoms with van der Waals surface area (Å²) in [5.41, 5.74) is 2.35. The number of phenols is 1. The third kappa shape index (κ3) is 4.19. The number of aromatic hydroxyl groups is 1. The Morgan fingerprint density at radius 1 is 0.931 bits per heavy atom. The molecule has 0 saturated carbocycles. The number of fused-ring (bicyclic) bond motifs is 1. The molecule has 1 aromatic heterocycles. The Morgan fingerprint density at radius 2 is 1.59 bits per heavy atom. The normalized spacial score (nSPS) is 10.2. The fourth-order valence-electron chi connectivity index (χ4n) is 2.74. The van der Waals surface area contributed by atoms with Gasteiger partial charge >= 0.3 is 5.69 Å². The van der Waals surface area contributed by atoms with Crippen LogP contribution >= 0.6 is 0 Å². The topological polar surface area (TPSA) is 124 Å². The molecule has 0 unspecified atom stereocenters. The maximum absolute atomic E-state index is 10.4. The van der Waals surface area contributed by atoms with Crippen LogP contribution in [0.1, 0.15) is 5.56 Å². The zero-order valence-corrected chi connectivity index (χ0v) is 15.3. The molecule has 4 aromatic rings. The van der Waals surface area contributed by atoms with Gasteiger partial charge in [0, 0.05) is 17.3 Å². The molecule has 1 heterocycles. The summed E-state index contributed by atoms with van der Waals surface area (Å²) < 4.78 is 2.09.